The minimum atomic E-state index is 0.272. The van der Waals surface area contributed by atoms with Crippen LogP contribution in [0.1, 0.15) is 26.2 Å². The highest BCUT2D eigenvalue weighted by Crippen LogP contribution is 2.23. The highest BCUT2D eigenvalue weighted by atomic mass is 32.1. The van der Waals surface area contributed by atoms with Crippen LogP contribution in [0.2, 0.25) is 0 Å². The first-order chi connectivity index (χ1) is 8.27. The molecule has 0 spiro atoms. The fourth-order valence-corrected chi connectivity index (χ4v) is 2.51. The predicted octanol–water partition coefficient (Wildman–Crippen LogP) is 3.37. The van der Waals surface area contributed by atoms with Crippen LogP contribution in [0.25, 0.3) is 10.7 Å². The summed E-state index contributed by atoms with van der Waals surface area (Å²) in [5.41, 5.74) is 0. The molecule has 0 aromatic carbocycles. The summed E-state index contributed by atoms with van der Waals surface area (Å²) in [6, 6.07) is 4.12. The van der Waals surface area contributed by atoms with Crippen LogP contribution >= 0.6 is 11.3 Å². The molecule has 0 bridgehead atoms. The van der Waals surface area contributed by atoms with Crippen molar-refractivity contribution in [1.29, 1.82) is 0 Å². The summed E-state index contributed by atoms with van der Waals surface area (Å²) in [6.45, 7) is 2.58. The van der Waals surface area contributed by atoms with Gasteiger partial charge in [0.2, 0.25) is 0 Å². The Morgan fingerprint density at radius 1 is 1.47 bits per heavy atom. The molecule has 0 aliphatic rings. The molecule has 2 rings (SSSR count). The summed E-state index contributed by atoms with van der Waals surface area (Å²) in [5.74, 6) is 1.30. The van der Waals surface area contributed by atoms with E-state index in [-0.39, 0.29) is 5.78 Å². The van der Waals surface area contributed by atoms with Crippen LogP contribution < -0.4 is 0 Å². The molecule has 17 heavy (non-hydrogen) atoms. The molecule has 0 saturated carbocycles. The third-order valence-electron chi connectivity index (χ3n) is 2.63. The molecule has 0 amide bonds. The van der Waals surface area contributed by atoms with Crippen molar-refractivity contribution in [3.63, 3.8) is 0 Å². The van der Waals surface area contributed by atoms with E-state index in [1.807, 2.05) is 18.5 Å². The van der Waals surface area contributed by atoms with Gasteiger partial charge in [-0.3, -0.25) is 0 Å². The second kappa shape index (κ2) is 5.77. The maximum absolute atomic E-state index is 10.8. The maximum atomic E-state index is 10.8. The fourth-order valence-electron chi connectivity index (χ4n) is 1.78. The minimum Gasteiger partial charge on any atom is -0.330 e. The molecule has 0 aliphatic heterocycles. The number of unbranched alkanes of at least 4 members (excludes halogenated alkanes) is 1. The van der Waals surface area contributed by atoms with Gasteiger partial charge >= 0.3 is 0 Å². The van der Waals surface area contributed by atoms with E-state index in [4.69, 9.17) is 0 Å². The smallest absolute Gasteiger partial charge is 0.149 e. The number of hydrogen-bond acceptors (Lipinski definition) is 3. The Labute approximate surface area is 105 Å². The summed E-state index contributed by atoms with van der Waals surface area (Å²) in [6.07, 6.45) is 6.50. The van der Waals surface area contributed by atoms with Gasteiger partial charge in [-0.1, -0.05) is 6.07 Å². The van der Waals surface area contributed by atoms with Crippen molar-refractivity contribution in [1.82, 2.24) is 9.55 Å². The van der Waals surface area contributed by atoms with Gasteiger partial charge in [0, 0.05) is 25.4 Å². The number of aromatic nitrogens is 2. The molecule has 2 aromatic heterocycles. The third-order valence-corrected chi connectivity index (χ3v) is 3.50. The number of nitrogens with zero attached hydrogens (tertiary/aromatic N) is 2. The molecule has 90 valence electrons. The number of ketones is 1. The van der Waals surface area contributed by atoms with Gasteiger partial charge < -0.3 is 9.36 Å². The molecule has 0 unspecified atom stereocenters. The van der Waals surface area contributed by atoms with Gasteiger partial charge in [0.05, 0.1) is 4.88 Å². The fraction of sp³-hybridized carbons (Fsp3) is 0.385. The summed E-state index contributed by atoms with van der Waals surface area (Å²) >= 11 is 1.70. The molecular formula is C13H16N2OS. The van der Waals surface area contributed by atoms with E-state index < -0.39 is 0 Å². The van der Waals surface area contributed by atoms with Crippen molar-refractivity contribution in [2.45, 2.75) is 32.7 Å². The first-order valence-electron chi connectivity index (χ1n) is 5.82. The van der Waals surface area contributed by atoms with E-state index in [1.165, 1.54) is 4.88 Å². The number of rotatable bonds is 6. The van der Waals surface area contributed by atoms with Gasteiger partial charge in [-0.25, -0.2) is 4.98 Å². The highest BCUT2D eigenvalue weighted by molar-refractivity contribution is 7.13. The van der Waals surface area contributed by atoms with Crippen molar-refractivity contribution < 1.29 is 4.79 Å². The lowest BCUT2D eigenvalue weighted by atomic mass is 10.2. The first kappa shape index (κ1) is 12.0. The van der Waals surface area contributed by atoms with E-state index >= 15 is 0 Å². The first-order valence-corrected chi connectivity index (χ1v) is 6.70. The van der Waals surface area contributed by atoms with Crippen LogP contribution in [0.4, 0.5) is 0 Å². The Bertz CT molecular complexity index is 473. The average molecular weight is 248 g/mol. The number of thiophene rings is 1. The lowest BCUT2D eigenvalue weighted by molar-refractivity contribution is -0.117. The number of carbonyl (C=O) groups is 1. The maximum Gasteiger partial charge on any atom is 0.149 e. The van der Waals surface area contributed by atoms with Crippen LogP contribution in [-0.2, 0) is 11.3 Å². The van der Waals surface area contributed by atoms with E-state index in [2.05, 4.69) is 21.0 Å². The zero-order valence-electron chi connectivity index (χ0n) is 9.93. The normalized spacial score (nSPS) is 10.6. The number of hydrogen-bond donors (Lipinski definition) is 0. The van der Waals surface area contributed by atoms with Crippen molar-refractivity contribution in [2.24, 2.45) is 0 Å². The SMILES string of the molecule is CC(=O)CCCCn1ccnc1-c1cccs1. The summed E-state index contributed by atoms with van der Waals surface area (Å²) in [7, 11) is 0. The predicted molar refractivity (Wildman–Crippen MR) is 70.1 cm³/mol. The monoisotopic (exact) mass is 248 g/mol. The Morgan fingerprint density at radius 3 is 3.06 bits per heavy atom. The number of aryl methyl sites for hydroxylation is 1. The van der Waals surface area contributed by atoms with E-state index in [0.717, 1.165) is 25.2 Å². The zero-order valence-corrected chi connectivity index (χ0v) is 10.7. The molecule has 0 radical (unpaired) electrons. The molecule has 2 aromatic rings. The van der Waals surface area contributed by atoms with Gasteiger partial charge in [-0.05, 0) is 31.2 Å². The topological polar surface area (TPSA) is 34.9 Å². The van der Waals surface area contributed by atoms with Crippen molar-refractivity contribution in [3.8, 4) is 10.7 Å². The van der Waals surface area contributed by atoms with Crippen LogP contribution in [0.5, 0.6) is 0 Å². The van der Waals surface area contributed by atoms with Crippen molar-refractivity contribution >= 4 is 17.1 Å². The quantitative estimate of drug-likeness (QED) is 0.735. The summed E-state index contributed by atoms with van der Waals surface area (Å²) in [4.78, 5) is 16.4. The molecule has 3 nitrogen and oxygen atoms in total. The van der Waals surface area contributed by atoms with Gasteiger partial charge in [0.25, 0.3) is 0 Å². The third kappa shape index (κ3) is 3.27. The summed E-state index contributed by atoms with van der Waals surface area (Å²) in [5, 5.41) is 2.06. The molecule has 0 saturated heterocycles. The Morgan fingerprint density at radius 2 is 2.35 bits per heavy atom. The summed E-state index contributed by atoms with van der Waals surface area (Å²) < 4.78 is 2.16. The van der Waals surface area contributed by atoms with Crippen molar-refractivity contribution in [2.75, 3.05) is 0 Å². The molecule has 0 fully saturated rings. The average Bonchev–Trinajstić information content (AvgIpc) is 2.94. The van der Waals surface area contributed by atoms with E-state index in [1.54, 1.807) is 18.3 Å². The van der Waals surface area contributed by atoms with Crippen LogP contribution in [0.3, 0.4) is 0 Å². The lowest BCUT2D eigenvalue weighted by Crippen LogP contribution is -2.00. The van der Waals surface area contributed by atoms with Crippen LogP contribution in [0, 0.1) is 0 Å². The van der Waals surface area contributed by atoms with E-state index in [9.17, 15) is 4.79 Å². The standard InChI is InChI=1S/C13H16N2OS/c1-11(16)5-2-3-8-15-9-7-14-13(15)12-6-4-10-17-12/h4,6-7,9-10H,2-3,5,8H2,1H3. The molecule has 4 heteroatoms. The zero-order chi connectivity index (χ0) is 12.1. The van der Waals surface area contributed by atoms with Gasteiger partial charge in [-0.15, -0.1) is 11.3 Å². The van der Waals surface area contributed by atoms with Gasteiger partial charge in [-0.2, -0.15) is 0 Å². The molecule has 0 atom stereocenters. The Balaban J connectivity index is 1.93. The Kier molecular flexibility index (Phi) is 4.09. The van der Waals surface area contributed by atoms with E-state index in [0.29, 0.717) is 6.42 Å². The molecule has 0 aliphatic carbocycles. The van der Waals surface area contributed by atoms with Crippen LogP contribution in [0.15, 0.2) is 29.9 Å². The highest BCUT2D eigenvalue weighted by Gasteiger charge is 2.06. The second-order valence-corrected chi connectivity index (χ2v) is 5.03. The second-order valence-electron chi connectivity index (χ2n) is 4.08. The Hall–Kier alpha value is -1.42. The largest absolute Gasteiger partial charge is 0.330 e. The van der Waals surface area contributed by atoms with Crippen molar-refractivity contribution in [3.05, 3.63) is 29.9 Å². The number of imidazole rings is 1. The number of carbonyl (C=O) groups excluding carboxylic acids is 1. The van der Waals surface area contributed by atoms with Gasteiger partial charge in [0.15, 0.2) is 0 Å². The van der Waals surface area contributed by atoms with Gasteiger partial charge in [0.1, 0.15) is 11.6 Å². The minimum absolute atomic E-state index is 0.272. The number of Topliss-reactive ketones (excluding diaryl/α,β-unsaturated/α-hetero) is 1. The van der Waals surface area contributed by atoms with Crippen LogP contribution in [-0.4, -0.2) is 15.3 Å². The molecular weight excluding hydrogens is 232 g/mol. The molecule has 0 N–H and O–H groups in total. The lowest BCUT2D eigenvalue weighted by Gasteiger charge is -2.05. The molecule has 2 heterocycles.